The van der Waals surface area contributed by atoms with Gasteiger partial charge in [0.1, 0.15) is 5.58 Å². The average Bonchev–Trinajstić information content (AvgIpc) is 3.30. The first-order valence-corrected chi connectivity index (χ1v) is 10.4. The van der Waals surface area contributed by atoms with Crippen LogP contribution in [0.25, 0.3) is 11.0 Å². The molecular formula is C24H23N3O6. The Morgan fingerprint density at radius 1 is 1.18 bits per heavy atom. The molecule has 1 aromatic heterocycles. The molecular weight excluding hydrogens is 426 g/mol. The maximum Gasteiger partial charge on any atom is 0.290 e. The van der Waals surface area contributed by atoms with Gasteiger partial charge < -0.3 is 19.3 Å². The van der Waals surface area contributed by atoms with Gasteiger partial charge in [-0.3, -0.25) is 19.7 Å². The van der Waals surface area contributed by atoms with Crippen molar-refractivity contribution in [1.29, 1.82) is 0 Å². The van der Waals surface area contributed by atoms with Gasteiger partial charge in [-0.15, -0.1) is 0 Å². The molecule has 1 N–H and O–H groups in total. The summed E-state index contributed by atoms with van der Waals surface area (Å²) in [6, 6.07) is 11.8. The third-order valence-corrected chi connectivity index (χ3v) is 5.65. The number of ketones is 1. The lowest BCUT2D eigenvalue weighted by Crippen LogP contribution is -2.36. The zero-order chi connectivity index (χ0) is 23.9. The molecule has 1 amide bonds. The topological polar surface area (TPSA) is 117 Å². The van der Waals surface area contributed by atoms with Crippen LogP contribution in [0.15, 0.2) is 64.3 Å². The van der Waals surface area contributed by atoms with Gasteiger partial charge in [0.25, 0.3) is 11.6 Å². The second-order valence-corrected chi connectivity index (χ2v) is 8.30. The molecule has 1 atom stereocenters. The number of nitro benzene ring substituents is 1. The average molecular weight is 449 g/mol. The molecule has 0 saturated carbocycles. The van der Waals surface area contributed by atoms with E-state index in [0.29, 0.717) is 17.7 Å². The van der Waals surface area contributed by atoms with E-state index in [0.717, 1.165) is 10.9 Å². The van der Waals surface area contributed by atoms with Gasteiger partial charge in [-0.2, -0.15) is 0 Å². The third-order valence-electron chi connectivity index (χ3n) is 5.65. The SMILES string of the molecule is Cc1ccc2oc(C(=O)C3=C(O)C(=O)N(CCN(C)C)C3c3ccc([N+](=O)[O-])cc3)cc2c1. The number of aliphatic hydroxyl groups is 1. The zero-order valence-electron chi connectivity index (χ0n) is 18.4. The molecule has 1 unspecified atom stereocenters. The summed E-state index contributed by atoms with van der Waals surface area (Å²) in [5.74, 6) is -1.91. The van der Waals surface area contributed by atoms with Crippen LogP contribution in [0.3, 0.4) is 0 Å². The van der Waals surface area contributed by atoms with Gasteiger partial charge >= 0.3 is 0 Å². The molecule has 0 fully saturated rings. The number of hydrogen-bond donors (Lipinski definition) is 1. The number of fused-ring (bicyclic) bond motifs is 1. The molecule has 0 saturated heterocycles. The van der Waals surface area contributed by atoms with Gasteiger partial charge in [0, 0.05) is 30.6 Å². The number of likely N-dealkylation sites (N-methyl/N-ethyl adjacent to an activating group) is 1. The first kappa shape index (κ1) is 22.2. The van der Waals surface area contributed by atoms with Crippen LogP contribution in [-0.4, -0.2) is 58.7 Å². The number of amides is 1. The van der Waals surface area contributed by atoms with E-state index in [2.05, 4.69) is 0 Å². The number of furan rings is 1. The van der Waals surface area contributed by atoms with E-state index in [4.69, 9.17) is 4.42 Å². The number of benzene rings is 2. The van der Waals surface area contributed by atoms with Crippen molar-refractivity contribution in [2.75, 3.05) is 27.2 Å². The predicted molar refractivity (Wildman–Crippen MR) is 121 cm³/mol. The smallest absolute Gasteiger partial charge is 0.290 e. The third kappa shape index (κ3) is 4.10. The van der Waals surface area contributed by atoms with E-state index in [9.17, 15) is 24.8 Å². The summed E-state index contributed by atoms with van der Waals surface area (Å²) in [6.07, 6.45) is 0. The van der Waals surface area contributed by atoms with Crippen molar-refractivity contribution in [1.82, 2.24) is 9.80 Å². The monoisotopic (exact) mass is 449 g/mol. The second kappa shape index (κ2) is 8.51. The van der Waals surface area contributed by atoms with Crippen LogP contribution in [0.1, 0.15) is 27.7 Å². The van der Waals surface area contributed by atoms with Crippen LogP contribution in [-0.2, 0) is 4.79 Å². The van der Waals surface area contributed by atoms with Crippen molar-refractivity contribution in [2.24, 2.45) is 0 Å². The summed E-state index contributed by atoms with van der Waals surface area (Å²) < 4.78 is 5.73. The van der Waals surface area contributed by atoms with Crippen LogP contribution in [0.4, 0.5) is 5.69 Å². The number of carbonyl (C=O) groups is 2. The molecule has 33 heavy (non-hydrogen) atoms. The maximum absolute atomic E-state index is 13.5. The predicted octanol–water partition coefficient (Wildman–Crippen LogP) is 3.79. The summed E-state index contributed by atoms with van der Waals surface area (Å²) in [6.45, 7) is 2.66. The number of aliphatic hydroxyl groups excluding tert-OH is 1. The number of nitrogens with zero attached hydrogens (tertiary/aromatic N) is 3. The molecule has 0 aliphatic carbocycles. The van der Waals surface area contributed by atoms with Crippen molar-refractivity contribution in [3.05, 3.63) is 86.9 Å². The van der Waals surface area contributed by atoms with Crippen LogP contribution < -0.4 is 0 Å². The minimum Gasteiger partial charge on any atom is -0.503 e. The van der Waals surface area contributed by atoms with Crippen molar-refractivity contribution in [3.8, 4) is 0 Å². The number of carbonyl (C=O) groups excluding carboxylic acids is 2. The molecule has 2 aromatic carbocycles. The van der Waals surface area contributed by atoms with Gasteiger partial charge in [0.2, 0.25) is 5.78 Å². The largest absolute Gasteiger partial charge is 0.503 e. The lowest BCUT2D eigenvalue weighted by molar-refractivity contribution is -0.384. The summed E-state index contributed by atoms with van der Waals surface area (Å²) in [4.78, 5) is 40.3. The van der Waals surface area contributed by atoms with Gasteiger partial charge in [-0.25, -0.2) is 0 Å². The lowest BCUT2D eigenvalue weighted by atomic mass is 9.95. The fourth-order valence-electron chi connectivity index (χ4n) is 3.96. The number of non-ortho nitro benzene ring substituents is 1. The number of nitro groups is 1. The Balaban J connectivity index is 1.78. The van der Waals surface area contributed by atoms with E-state index in [1.807, 2.05) is 38.1 Å². The van der Waals surface area contributed by atoms with Crippen molar-refractivity contribution >= 4 is 28.3 Å². The fraction of sp³-hybridized carbons (Fsp3) is 0.250. The Morgan fingerprint density at radius 2 is 1.88 bits per heavy atom. The highest BCUT2D eigenvalue weighted by molar-refractivity contribution is 6.16. The van der Waals surface area contributed by atoms with Crippen LogP contribution >= 0.6 is 0 Å². The van der Waals surface area contributed by atoms with E-state index < -0.39 is 28.4 Å². The number of rotatable bonds is 7. The normalized spacial score (nSPS) is 16.3. The van der Waals surface area contributed by atoms with Crippen LogP contribution in [0, 0.1) is 17.0 Å². The van der Waals surface area contributed by atoms with E-state index in [-0.39, 0.29) is 23.6 Å². The molecule has 0 spiro atoms. The Bertz CT molecular complexity index is 1290. The van der Waals surface area contributed by atoms with E-state index in [1.165, 1.54) is 29.2 Å². The van der Waals surface area contributed by atoms with E-state index >= 15 is 0 Å². The molecule has 9 nitrogen and oxygen atoms in total. The van der Waals surface area contributed by atoms with Gasteiger partial charge in [0.15, 0.2) is 11.5 Å². The molecule has 9 heteroatoms. The molecule has 4 rings (SSSR count). The highest BCUT2D eigenvalue weighted by Crippen LogP contribution is 2.40. The Hall–Kier alpha value is -3.98. The summed E-state index contributed by atoms with van der Waals surface area (Å²) in [7, 11) is 3.69. The molecule has 1 aliphatic rings. The highest BCUT2D eigenvalue weighted by atomic mass is 16.6. The standard InChI is InChI=1S/C24H23N3O6/c1-14-4-9-18-16(12-14)13-19(33-18)22(28)20-21(15-5-7-17(8-6-15)27(31)32)26(11-10-25(2)3)24(30)23(20)29/h4-9,12-13,21,29H,10-11H2,1-3H3. The zero-order valence-corrected chi connectivity index (χ0v) is 18.4. The fourth-order valence-corrected chi connectivity index (χ4v) is 3.96. The van der Waals surface area contributed by atoms with Gasteiger partial charge in [-0.1, -0.05) is 11.6 Å². The molecule has 1 aliphatic heterocycles. The minimum absolute atomic E-state index is 0.00585. The molecule has 170 valence electrons. The quantitative estimate of drug-likeness (QED) is 0.331. The Labute approximate surface area is 189 Å². The van der Waals surface area contributed by atoms with Crippen molar-refractivity contribution < 1.29 is 24.0 Å². The molecule has 0 bridgehead atoms. The Kier molecular flexibility index (Phi) is 5.73. The number of aryl methyl sites for hydroxylation is 1. The van der Waals surface area contributed by atoms with E-state index in [1.54, 1.807) is 12.1 Å². The Morgan fingerprint density at radius 3 is 2.52 bits per heavy atom. The number of Topliss-reactive ketones (excluding diaryl/α,β-unsaturated/α-hetero) is 1. The molecule has 0 radical (unpaired) electrons. The summed E-state index contributed by atoms with van der Waals surface area (Å²) >= 11 is 0. The first-order chi connectivity index (χ1) is 15.7. The van der Waals surface area contributed by atoms with Crippen molar-refractivity contribution in [3.63, 3.8) is 0 Å². The highest BCUT2D eigenvalue weighted by Gasteiger charge is 2.44. The van der Waals surface area contributed by atoms with Gasteiger partial charge in [-0.05, 0) is 56.9 Å². The molecule has 2 heterocycles. The lowest BCUT2D eigenvalue weighted by Gasteiger charge is -2.27. The second-order valence-electron chi connectivity index (χ2n) is 8.30. The number of hydrogen-bond acceptors (Lipinski definition) is 7. The van der Waals surface area contributed by atoms with Crippen LogP contribution in [0.2, 0.25) is 0 Å². The summed E-state index contributed by atoms with van der Waals surface area (Å²) in [5.41, 5.74) is 1.77. The maximum atomic E-state index is 13.5. The van der Waals surface area contributed by atoms with Crippen LogP contribution in [0.5, 0.6) is 0 Å². The minimum atomic E-state index is -0.902. The van der Waals surface area contributed by atoms with Crippen molar-refractivity contribution in [2.45, 2.75) is 13.0 Å². The summed E-state index contributed by atoms with van der Waals surface area (Å²) in [5, 5.41) is 22.5. The first-order valence-electron chi connectivity index (χ1n) is 10.4. The van der Waals surface area contributed by atoms with Gasteiger partial charge in [0.05, 0.1) is 16.5 Å². The molecule has 3 aromatic rings.